The molecule has 1 unspecified atom stereocenters. The number of benzene rings is 5. The number of phenols is 4. The smallest absolute Gasteiger partial charge is 0.174 e. The third-order valence-electron chi connectivity index (χ3n) is 10.4. The highest BCUT2D eigenvalue weighted by atomic mass is 16.5. The fourth-order valence-electron chi connectivity index (χ4n) is 7.95. The van der Waals surface area contributed by atoms with Gasteiger partial charge in [-0.3, -0.25) is 4.79 Å². The summed E-state index contributed by atoms with van der Waals surface area (Å²) in [6.45, 7) is 0. The maximum absolute atomic E-state index is 14.0. The molecule has 0 aromatic heterocycles. The van der Waals surface area contributed by atoms with Gasteiger partial charge in [0.25, 0.3) is 0 Å². The second-order valence-electron chi connectivity index (χ2n) is 13.5. The molecule has 8 rings (SSSR count). The molecule has 5 aromatic rings. The lowest BCUT2D eigenvalue weighted by Crippen LogP contribution is -2.43. The van der Waals surface area contributed by atoms with Crippen molar-refractivity contribution in [3.05, 3.63) is 137 Å². The Labute approximate surface area is 295 Å². The first kappa shape index (κ1) is 32.5. The number of ether oxygens (including phenoxy) is 4. The Kier molecular flexibility index (Phi) is 8.44. The highest BCUT2D eigenvalue weighted by Gasteiger charge is 2.52. The summed E-state index contributed by atoms with van der Waals surface area (Å²) in [5.74, 6) is 1.33. The lowest BCUT2D eigenvalue weighted by atomic mass is 9.68. The molecule has 3 aliphatic rings. The number of Topliss-reactive ketones (excluding diaryl/α,β-unsaturated/α-hetero) is 1. The first-order valence-corrected chi connectivity index (χ1v) is 17.2. The molecule has 51 heavy (non-hydrogen) atoms. The molecule has 6 atom stereocenters. The Balaban J connectivity index is 1.28. The van der Waals surface area contributed by atoms with Crippen molar-refractivity contribution >= 4 is 5.78 Å². The number of rotatable bonds is 7. The third-order valence-corrected chi connectivity index (χ3v) is 10.4. The fraction of sp³-hybridized carbons (Fsp3) is 0.262. The number of phenolic OH excluding ortho intramolecular Hbond substituents is 4. The van der Waals surface area contributed by atoms with E-state index in [0.717, 1.165) is 27.8 Å². The molecule has 0 spiro atoms. The van der Waals surface area contributed by atoms with Crippen LogP contribution in [0.1, 0.15) is 81.7 Å². The van der Waals surface area contributed by atoms with Gasteiger partial charge in [-0.25, -0.2) is 0 Å². The van der Waals surface area contributed by atoms with Gasteiger partial charge in [-0.15, -0.1) is 0 Å². The first-order valence-electron chi connectivity index (χ1n) is 17.2. The quantitative estimate of drug-likeness (QED) is 0.134. The number of ketones is 1. The standard InChI is InChI=1S/C42H38O9/c1-48-35-22-36-37(42-39(35)33(47)21-34(50-42)24-5-13-28(44)14-6-24)32-20-31(19-4-23-2-11-27(43)12-3-23)49-40(25-7-15-29(45)16-8-25)38(32)41(51-36)26-9-17-30(46)18-10-26/h2-3,5-18,22,31-32,34,38,40-41,43-46H,4,19-21H2,1H3/t31-,32-,34?,38-,40+,41-/m0/s1. The van der Waals surface area contributed by atoms with Crippen molar-refractivity contribution in [2.24, 2.45) is 5.92 Å². The van der Waals surface area contributed by atoms with E-state index in [1.807, 2.05) is 36.4 Å². The van der Waals surface area contributed by atoms with Gasteiger partial charge in [-0.05, 0) is 90.0 Å². The van der Waals surface area contributed by atoms with Crippen LogP contribution in [0.2, 0.25) is 0 Å². The molecular formula is C42H38O9. The number of carbonyl (C=O) groups is 1. The van der Waals surface area contributed by atoms with Crippen molar-refractivity contribution in [3.63, 3.8) is 0 Å². The first-order chi connectivity index (χ1) is 24.7. The van der Waals surface area contributed by atoms with E-state index < -0.39 is 18.3 Å². The summed E-state index contributed by atoms with van der Waals surface area (Å²) in [5.41, 5.74) is 4.71. The van der Waals surface area contributed by atoms with E-state index in [4.69, 9.17) is 18.9 Å². The number of aryl methyl sites for hydroxylation is 1. The van der Waals surface area contributed by atoms with Gasteiger partial charge in [0.15, 0.2) is 5.78 Å². The number of hydrogen-bond acceptors (Lipinski definition) is 9. The second-order valence-corrected chi connectivity index (χ2v) is 13.5. The van der Waals surface area contributed by atoms with Crippen molar-refractivity contribution in [2.45, 2.75) is 56.0 Å². The molecule has 3 heterocycles. The Hall–Kier alpha value is -5.67. The lowest BCUT2D eigenvalue weighted by Gasteiger charge is -2.50. The van der Waals surface area contributed by atoms with Crippen LogP contribution in [0.3, 0.4) is 0 Å². The molecule has 9 nitrogen and oxygen atoms in total. The molecule has 5 aromatic carbocycles. The van der Waals surface area contributed by atoms with Crippen molar-refractivity contribution in [1.82, 2.24) is 0 Å². The lowest BCUT2D eigenvalue weighted by molar-refractivity contribution is -0.134. The largest absolute Gasteiger partial charge is 0.508 e. The van der Waals surface area contributed by atoms with Crippen molar-refractivity contribution in [1.29, 1.82) is 0 Å². The van der Waals surface area contributed by atoms with E-state index >= 15 is 0 Å². The van der Waals surface area contributed by atoms with Crippen molar-refractivity contribution < 1.29 is 44.2 Å². The zero-order valence-electron chi connectivity index (χ0n) is 27.9. The summed E-state index contributed by atoms with van der Waals surface area (Å²) >= 11 is 0. The van der Waals surface area contributed by atoms with Crippen LogP contribution in [0.5, 0.6) is 40.2 Å². The summed E-state index contributed by atoms with van der Waals surface area (Å²) in [6.07, 6.45) is 0.309. The molecule has 0 amide bonds. The van der Waals surface area contributed by atoms with Crippen LogP contribution >= 0.6 is 0 Å². The van der Waals surface area contributed by atoms with E-state index in [1.165, 1.54) is 7.11 Å². The van der Waals surface area contributed by atoms with Crippen molar-refractivity contribution in [3.8, 4) is 40.2 Å². The molecule has 0 bridgehead atoms. The van der Waals surface area contributed by atoms with Crippen LogP contribution in [0.15, 0.2) is 103 Å². The summed E-state index contributed by atoms with van der Waals surface area (Å²) < 4.78 is 26.6. The molecule has 1 saturated heterocycles. The maximum atomic E-state index is 14.0. The third kappa shape index (κ3) is 6.18. The van der Waals surface area contributed by atoms with Gasteiger partial charge in [0.2, 0.25) is 0 Å². The van der Waals surface area contributed by atoms with E-state index in [9.17, 15) is 25.2 Å². The average Bonchev–Trinajstić information content (AvgIpc) is 3.14. The molecule has 9 heteroatoms. The molecule has 3 aliphatic heterocycles. The minimum Gasteiger partial charge on any atom is -0.508 e. The monoisotopic (exact) mass is 686 g/mol. The van der Waals surface area contributed by atoms with E-state index in [2.05, 4.69) is 0 Å². The molecule has 0 saturated carbocycles. The summed E-state index contributed by atoms with van der Waals surface area (Å²) in [6, 6.07) is 29.7. The maximum Gasteiger partial charge on any atom is 0.174 e. The molecule has 0 aliphatic carbocycles. The minimum absolute atomic E-state index is 0.104. The predicted octanol–water partition coefficient (Wildman–Crippen LogP) is 8.22. The molecule has 1 fully saturated rings. The van der Waals surface area contributed by atoms with Gasteiger partial charge in [0.05, 0.1) is 25.7 Å². The zero-order chi connectivity index (χ0) is 35.2. The normalized spacial score (nSPS) is 23.6. The molecular weight excluding hydrogens is 648 g/mol. The van der Waals surface area contributed by atoms with Crippen LogP contribution in [0, 0.1) is 5.92 Å². The van der Waals surface area contributed by atoms with Crippen molar-refractivity contribution in [2.75, 3.05) is 7.11 Å². The average molecular weight is 687 g/mol. The zero-order valence-corrected chi connectivity index (χ0v) is 27.9. The van der Waals surface area contributed by atoms with Gasteiger partial charge >= 0.3 is 0 Å². The Bertz CT molecular complexity index is 2040. The summed E-state index contributed by atoms with van der Waals surface area (Å²) in [7, 11) is 1.53. The van der Waals surface area contributed by atoms with E-state index in [-0.39, 0.29) is 53.1 Å². The Morgan fingerprint density at radius 1 is 0.706 bits per heavy atom. The van der Waals surface area contributed by atoms with Crippen LogP contribution in [0.4, 0.5) is 0 Å². The number of hydrogen-bond donors (Lipinski definition) is 4. The van der Waals surface area contributed by atoms with Gasteiger partial charge in [0.1, 0.15) is 58.0 Å². The van der Waals surface area contributed by atoms with Crippen LogP contribution < -0.4 is 14.2 Å². The summed E-state index contributed by atoms with van der Waals surface area (Å²) in [4.78, 5) is 14.0. The molecule has 260 valence electrons. The van der Waals surface area contributed by atoms with E-state index in [0.29, 0.717) is 42.1 Å². The molecule has 4 N–H and O–H groups in total. The van der Waals surface area contributed by atoms with Gasteiger partial charge in [-0.2, -0.15) is 0 Å². The Morgan fingerprint density at radius 3 is 1.84 bits per heavy atom. The topological polar surface area (TPSA) is 135 Å². The number of methoxy groups -OCH3 is 1. The van der Waals surface area contributed by atoms with Gasteiger partial charge < -0.3 is 39.4 Å². The minimum atomic E-state index is -0.590. The van der Waals surface area contributed by atoms with Gasteiger partial charge in [-0.1, -0.05) is 48.5 Å². The van der Waals surface area contributed by atoms with Crippen LogP contribution in [0.25, 0.3) is 0 Å². The molecule has 0 radical (unpaired) electrons. The highest BCUT2D eigenvalue weighted by molar-refractivity contribution is 6.03. The number of carbonyl (C=O) groups excluding carboxylic acids is 1. The summed E-state index contributed by atoms with van der Waals surface area (Å²) in [5, 5.41) is 40.2. The number of fused-ring (bicyclic) bond motifs is 5. The second kappa shape index (κ2) is 13.2. The van der Waals surface area contributed by atoms with E-state index in [1.54, 1.807) is 66.7 Å². The predicted molar refractivity (Wildman–Crippen MR) is 188 cm³/mol. The van der Waals surface area contributed by atoms with Crippen LogP contribution in [-0.4, -0.2) is 39.4 Å². The SMILES string of the molecule is COc1cc2c(c3c1C(=O)CC(c1ccc(O)cc1)O3)[C@@H]1C[C@H](CCc3ccc(O)cc3)O[C@H](c3ccc(O)cc3)[C@H]1[C@H](c1ccc(O)cc1)O2. The fourth-order valence-corrected chi connectivity index (χ4v) is 7.95. The Morgan fingerprint density at radius 2 is 1.25 bits per heavy atom. The van der Waals surface area contributed by atoms with Gasteiger partial charge in [0, 0.05) is 23.5 Å². The number of aromatic hydroxyl groups is 4. The highest BCUT2D eigenvalue weighted by Crippen LogP contribution is 2.61. The van der Waals surface area contributed by atoms with Crippen LogP contribution in [-0.2, 0) is 11.2 Å².